The minimum Gasteiger partial charge on any atom is -0.321 e. The third-order valence-electron chi connectivity index (χ3n) is 4.08. The minimum absolute atomic E-state index is 0.0921. The van der Waals surface area contributed by atoms with Gasteiger partial charge in [-0.2, -0.15) is 0 Å². The summed E-state index contributed by atoms with van der Waals surface area (Å²) in [6.07, 6.45) is 1.45. The summed E-state index contributed by atoms with van der Waals surface area (Å²) in [5.74, 6) is 0.0804. The second-order valence-electron chi connectivity index (χ2n) is 5.49. The molecule has 3 atom stereocenters. The van der Waals surface area contributed by atoms with Gasteiger partial charge in [-0.3, -0.25) is 10.1 Å². The van der Waals surface area contributed by atoms with Crippen molar-refractivity contribution in [1.82, 2.24) is 10.2 Å². The molecule has 0 aliphatic carbocycles. The quantitative estimate of drug-likeness (QED) is 0.897. The van der Waals surface area contributed by atoms with E-state index in [1.54, 1.807) is 17.0 Å². The molecular weight excluding hydrogens is 255 g/mol. The monoisotopic (exact) mass is 278 g/mol. The number of halogens is 1. The van der Waals surface area contributed by atoms with E-state index in [1.165, 1.54) is 6.07 Å². The number of rotatable bonds is 5. The fourth-order valence-electron chi connectivity index (χ4n) is 2.72. The Hall–Kier alpha value is -1.42. The van der Waals surface area contributed by atoms with E-state index in [0.717, 1.165) is 12.8 Å². The third-order valence-corrected chi connectivity index (χ3v) is 4.08. The molecule has 110 valence electrons. The number of hydrogen-bond donors (Lipinski definition) is 1. The molecule has 3 nitrogen and oxygen atoms in total. The van der Waals surface area contributed by atoms with E-state index in [0.29, 0.717) is 12.1 Å². The molecule has 0 bridgehead atoms. The van der Waals surface area contributed by atoms with Gasteiger partial charge in [0.25, 0.3) is 0 Å². The smallest absolute Gasteiger partial charge is 0.241 e. The molecule has 1 N–H and O–H groups in total. The average Bonchev–Trinajstić information content (AvgIpc) is 2.77. The van der Waals surface area contributed by atoms with Crippen molar-refractivity contribution in [1.29, 1.82) is 0 Å². The van der Waals surface area contributed by atoms with E-state index in [1.807, 2.05) is 13.0 Å². The van der Waals surface area contributed by atoms with Gasteiger partial charge in [0, 0.05) is 12.1 Å². The first-order chi connectivity index (χ1) is 9.60. The molecule has 20 heavy (non-hydrogen) atoms. The molecule has 1 aromatic rings. The SMILES string of the molecule is CCCN1C(=O)C(C(C)CC)NC1c1ccccc1F. The summed E-state index contributed by atoms with van der Waals surface area (Å²) in [5.41, 5.74) is 0.556. The van der Waals surface area contributed by atoms with Crippen LogP contribution in [-0.4, -0.2) is 23.4 Å². The van der Waals surface area contributed by atoms with Crippen LogP contribution in [0.1, 0.15) is 45.3 Å². The van der Waals surface area contributed by atoms with Crippen LogP contribution in [0.15, 0.2) is 24.3 Å². The predicted molar refractivity (Wildman–Crippen MR) is 77.5 cm³/mol. The lowest BCUT2D eigenvalue weighted by molar-refractivity contribution is -0.131. The maximum atomic E-state index is 14.0. The molecule has 1 fully saturated rings. The van der Waals surface area contributed by atoms with Gasteiger partial charge < -0.3 is 4.90 Å². The zero-order valence-corrected chi connectivity index (χ0v) is 12.4. The van der Waals surface area contributed by atoms with Crippen LogP contribution in [0.3, 0.4) is 0 Å². The van der Waals surface area contributed by atoms with Crippen LogP contribution in [-0.2, 0) is 4.79 Å². The van der Waals surface area contributed by atoms with Crippen LogP contribution in [0, 0.1) is 11.7 Å². The summed E-state index contributed by atoms with van der Waals surface area (Å²) in [6.45, 7) is 6.81. The van der Waals surface area contributed by atoms with Gasteiger partial charge in [0.1, 0.15) is 12.0 Å². The summed E-state index contributed by atoms with van der Waals surface area (Å²) in [6, 6.07) is 6.47. The van der Waals surface area contributed by atoms with Gasteiger partial charge >= 0.3 is 0 Å². The van der Waals surface area contributed by atoms with Crippen molar-refractivity contribution in [3.63, 3.8) is 0 Å². The topological polar surface area (TPSA) is 32.3 Å². The summed E-state index contributed by atoms with van der Waals surface area (Å²) in [5, 5.41) is 3.32. The minimum atomic E-state index is -0.345. The predicted octanol–water partition coefficient (Wildman–Crippen LogP) is 3.08. The summed E-state index contributed by atoms with van der Waals surface area (Å²) in [7, 11) is 0. The molecule has 0 radical (unpaired) electrons. The maximum Gasteiger partial charge on any atom is 0.241 e. The molecule has 0 saturated carbocycles. The summed E-state index contributed by atoms with van der Waals surface area (Å²) in [4.78, 5) is 14.3. The first-order valence-corrected chi connectivity index (χ1v) is 7.41. The Labute approximate surface area is 120 Å². The number of nitrogens with zero attached hydrogens (tertiary/aromatic N) is 1. The van der Waals surface area contributed by atoms with Gasteiger partial charge in [-0.1, -0.05) is 45.4 Å². The van der Waals surface area contributed by atoms with Gasteiger partial charge in [0.05, 0.1) is 6.04 Å². The first kappa shape index (κ1) is 15.0. The van der Waals surface area contributed by atoms with E-state index in [9.17, 15) is 9.18 Å². The molecular formula is C16H23FN2O. The number of hydrogen-bond acceptors (Lipinski definition) is 2. The highest BCUT2D eigenvalue weighted by Gasteiger charge is 2.41. The van der Waals surface area contributed by atoms with Crippen molar-refractivity contribution in [3.05, 3.63) is 35.6 Å². The Balaban J connectivity index is 2.31. The average molecular weight is 278 g/mol. The first-order valence-electron chi connectivity index (χ1n) is 7.41. The fourth-order valence-corrected chi connectivity index (χ4v) is 2.72. The molecule has 0 spiro atoms. The number of carbonyl (C=O) groups is 1. The molecule has 1 saturated heterocycles. The van der Waals surface area contributed by atoms with Crippen LogP contribution < -0.4 is 5.32 Å². The molecule has 4 heteroatoms. The van der Waals surface area contributed by atoms with E-state index >= 15 is 0 Å². The Morgan fingerprint density at radius 1 is 1.35 bits per heavy atom. The Morgan fingerprint density at radius 2 is 2.05 bits per heavy atom. The van der Waals surface area contributed by atoms with E-state index < -0.39 is 0 Å². The second-order valence-corrected chi connectivity index (χ2v) is 5.49. The van der Waals surface area contributed by atoms with Crippen molar-refractivity contribution in [3.8, 4) is 0 Å². The Morgan fingerprint density at radius 3 is 2.65 bits per heavy atom. The lowest BCUT2D eigenvalue weighted by Gasteiger charge is -2.24. The number of nitrogens with one attached hydrogen (secondary N) is 1. The lowest BCUT2D eigenvalue weighted by atomic mass is 9.99. The second kappa shape index (κ2) is 6.35. The molecule has 1 aliphatic heterocycles. The fraction of sp³-hybridized carbons (Fsp3) is 0.562. The number of benzene rings is 1. The largest absolute Gasteiger partial charge is 0.321 e. The van der Waals surface area contributed by atoms with Crippen molar-refractivity contribution in [2.75, 3.05) is 6.54 Å². The standard InChI is InChI=1S/C16H23FN2O/c1-4-10-19-15(12-8-6-7-9-13(12)17)18-14(16(19)20)11(3)5-2/h6-9,11,14-15,18H,4-5,10H2,1-3H3. The van der Waals surface area contributed by atoms with Gasteiger partial charge in [-0.05, 0) is 18.4 Å². The normalized spacial score (nSPS) is 24.2. The summed E-state index contributed by atoms with van der Waals surface area (Å²) >= 11 is 0. The molecule has 1 aliphatic rings. The zero-order chi connectivity index (χ0) is 14.7. The van der Waals surface area contributed by atoms with Gasteiger partial charge in [-0.25, -0.2) is 4.39 Å². The number of carbonyl (C=O) groups excluding carboxylic acids is 1. The molecule has 0 aromatic heterocycles. The van der Waals surface area contributed by atoms with Crippen LogP contribution in [0.25, 0.3) is 0 Å². The van der Waals surface area contributed by atoms with Crippen LogP contribution in [0.5, 0.6) is 0 Å². The molecule has 3 unspecified atom stereocenters. The third kappa shape index (κ3) is 2.70. The molecule has 1 amide bonds. The van der Waals surface area contributed by atoms with Crippen molar-refractivity contribution >= 4 is 5.91 Å². The van der Waals surface area contributed by atoms with Crippen molar-refractivity contribution < 1.29 is 9.18 Å². The van der Waals surface area contributed by atoms with Crippen LogP contribution in [0.4, 0.5) is 4.39 Å². The highest BCUT2D eigenvalue weighted by atomic mass is 19.1. The van der Waals surface area contributed by atoms with E-state index in [-0.39, 0.29) is 29.8 Å². The van der Waals surface area contributed by atoms with Crippen LogP contribution >= 0.6 is 0 Å². The maximum absolute atomic E-state index is 14.0. The molecule has 1 aromatic carbocycles. The molecule has 1 heterocycles. The lowest BCUT2D eigenvalue weighted by Crippen LogP contribution is -2.35. The highest BCUT2D eigenvalue weighted by molar-refractivity contribution is 5.84. The van der Waals surface area contributed by atoms with Crippen molar-refractivity contribution in [2.45, 2.75) is 45.8 Å². The zero-order valence-electron chi connectivity index (χ0n) is 12.4. The Bertz CT molecular complexity index is 477. The number of amides is 1. The van der Waals surface area contributed by atoms with Crippen molar-refractivity contribution in [2.24, 2.45) is 5.92 Å². The van der Waals surface area contributed by atoms with Gasteiger partial charge in [0.2, 0.25) is 5.91 Å². The van der Waals surface area contributed by atoms with Gasteiger partial charge in [-0.15, -0.1) is 0 Å². The molecule has 2 rings (SSSR count). The van der Waals surface area contributed by atoms with E-state index in [2.05, 4.69) is 19.2 Å². The Kier molecular flexibility index (Phi) is 4.76. The van der Waals surface area contributed by atoms with Gasteiger partial charge in [0.15, 0.2) is 0 Å². The van der Waals surface area contributed by atoms with E-state index in [4.69, 9.17) is 0 Å². The summed E-state index contributed by atoms with van der Waals surface area (Å²) < 4.78 is 14.0. The van der Waals surface area contributed by atoms with Crippen LogP contribution in [0.2, 0.25) is 0 Å². The highest BCUT2D eigenvalue weighted by Crippen LogP contribution is 2.30.